The molecular formula is C20H25NO5S. The minimum atomic E-state index is -1.09. The Morgan fingerprint density at radius 3 is 2.37 bits per heavy atom. The van der Waals surface area contributed by atoms with Gasteiger partial charge >= 0.3 is 5.97 Å². The minimum absolute atomic E-state index is 0.103. The summed E-state index contributed by atoms with van der Waals surface area (Å²) in [6.45, 7) is 7.27. The zero-order chi connectivity index (χ0) is 20.1. The van der Waals surface area contributed by atoms with Gasteiger partial charge in [-0.1, -0.05) is 11.8 Å². The van der Waals surface area contributed by atoms with Gasteiger partial charge in [0.1, 0.15) is 6.10 Å². The van der Waals surface area contributed by atoms with Gasteiger partial charge in [0.25, 0.3) is 0 Å². The van der Waals surface area contributed by atoms with Crippen LogP contribution in [0.1, 0.15) is 47.3 Å². The first-order valence-corrected chi connectivity index (χ1v) is 9.70. The summed E-state index contributed by atoms with van der Waals surface area (Å²) in [4.78, 5) is 22.9. The molecule has 1 aromatic carbocycles. The minimum Gasteiger partial charge on any atom is -0.462 e. The first-order chi connectivity index (χ1) is 12.8. The van der Waals surface area contributed by atoms with Crippen molar-refractivity contribution in [3.8, 4) is 5.69 Å². The van der Waals surface area contributed by atoms with Crippen LogP contribution in [-0.2, 0) is 9.53 Å². The van der Waals surface area contributed by atoms with E-state index in [0.29, 0.717) is 17.7 Å². The molecule has 0 amide bonds. The summed E-state index contributed by atoms with van der Waals surface area (Å²) in [6, 6.07) is 8.83. The number of thioether (sulfide) groups is 1. The third kappa shape index (κ3) is 5.00. The van der Waals surface area contributed by atoms with Crippen LogP contribution >= 0.6 is 11.8 Å². The Kier molecular flexibility index (Phi) is 7.24. The van der Waals surface area contributed by atoms with Gasteiger partial charge in [-0.25, -0.2) is 4.79 Å². The van der Waals surface area contributed by atoms with Gasteiger partial charge in [-0.05, 0) is 51.1 Å². The molecule has 0 radical (unpaired) electrons. The van der Waals surface area contributed by atoms with E-state index >= 15 is 0 Å². The first-order valence-electron chi connectivity index (χ1n) is 8.72. The van der Waals surface area contributed by atoms with Gasteiger partial charge in [-0.15, -0.1) is 0 Å². The van der Waals surface area contributed by atoms with Crippen LogP contribution in [0.25, 0.3) is 5.69 Å². The third-order valence-corrected chi connectivity index (χ3v) is 5.16. The van der Waals surface area contributed by atoms with Gasteiger partial charge in [-0.3, -0.25) is 4.79 Å². The second kappa shape index (κ2) is 9.21. The molecule has 7 heteroatoms. The molecule has 2 unspecified atom stereocenters. The molecule has 0 fully saturated rings. The second-order valence-electron chi connectivity index (χ2n) is 6.24. The molecule has 0 aliphatic carbocycles. The number of aryl methyl sites for hydroxylation is 1. The molecule has 2 aromatic rings. The third-order valence-electron chi connectivity index (χ3n) is 4.25. The zero-order valence-corrected chi connectivity index (χ0v) is 16.7. The number of aliphatic hydroxyl groups is 2. The van der Waals surface area contributed by atoms with Crippen molar-refractivity contribution < 1.29 is 24.5 Å². The van der Waals surface area contributed by atoms with Crippen LogP contribution in [0.15, 0.2) is 30.3 Å². The molecule has 1 aromatic heterocycles. The number of carbonyl (C=O) groups excluding carboxylic acids is 2. The monoisotopic (exact) mass is 391 g/mol. The molecular weight excluding hydrogens is 366 g/mol. The maximum atomic E-state index is 11.8. The largest absolute Gasteiger partial charge is 0.462 e. The molecule has 2 atom stereocenters. The average Bonchev–Trinajstić information content (AvgIpc) is 2.93. The van der Waals surface area contributed by atoms with E-state index in [4.69, 9.17) is 4.74 Å². The van der Waals surface area contributed by atoms with Crippen LogP contribution in [0.3, 0.4) is 0 Å². The van der Waals surface area contributed by atoms with Crippen molar-refractivity contribution in [1.29, 1.82) is 0 Å². The van der Waals surface area contributed by atoms with E-state index in [-0.39, 0.29) is 16.8 Å². The maximum absolute atomic E-state index is 11.8. The summed E-state index contributed by atoms with van der Waals surface area (Å²) >= 11 is 0.984. The van der Waals surface area contributed by atoms with E-state index in [1.807, 2.05) is 36.6 Å². The highest BCUT2D eigenvalue weighted by atomic mass is 32.2. The summed E-state index contributed by atoms with van der Waals surface area (Å²) in [5.74, 6) is -0.235. The van der Waals surface area contributed by atoms with E-state index in [2.05, 4.69) is 0 Å². The van der Waals surface area contributed by atoms with Crippen LogP contribution in [-0.4, -0.2) is 44.3 Å². The molecule has 0 aliphatic rings. The lowest BCUT2D eigenvalue weighted by atomic mass is 10.1. The number of rotatable bonds is 7. The van der Waals surface area contributed by atoms with Gasteiger partial charge in [-0.2, -0.15) is 0 Å². The highest BCUT2D eigenvalue weighted by Crippen LogP contribution is 2.28. The van der Waals surface area contributed by atoms with Crippen LogP contribution in [0, 0.1) is 13.8 Å². The molecule has 0 aliphatic heterocycles. The molecule has 2 N–H and O–H groups in total. The number of ether oxygens (including phenoxy) is 1. The van der Waals surface area contributed by atoms with Crippen molar-refractivity contribution in [2.24, 2.45) is 0 Å². The summed E-state index contributed by atoms with van der Waals surface area (Å²) < 4.78 is 6.93. The maximum Gasteiger partial charge on any atom is 0.338 e. The fourth-order valence-corrected chi connectivity index (χ4v) is 3.53. The fourth-order valence-electron chi connectivity index (χ4n) is 2.95. The average molecular weight is 391 g/mol. The number of benzene rings is 1. The standard InChI is InChI=1S/C20H25NO5S/c1-5-26-20(25)15-6-8-16(9-7-15)21-12(2)10-17(13(21)3)19(24)18(23)11-27-14(4)22/h6-10,18-19,23-24H,5,11H2,1-4H3. The van der Waals surface area contributed by atoms with E-state index in [0.717, 1.165) is 28.8 Å². The molecule has 2 rings (SSSR count). The van der Waals surface area contributed by atoms with E-state index in [1.54, 1.807) is 19.1 Å². The zero-order valence-electron chi connectivity index (χ0n) is 15.9. The lowest BCUT2D eigenvalue weighted by Gasteiger charge is -2.18. The molecule has 27 heavy (non-hydrogen) atoms. The molecule has 0 bridgehead atoms. The lowest BCUT2D eigenvalue weighted by molar-refractivity contribution is -0.109. The van der Waals surface area contributed by atoms with Crippen LogP contribution in [0.5, 0.6) is 0 Å². The molecule has 0 saturated heterocycles. The second-order valence-corrected chi connectivity index (χ2v) is 7.44. The number of carbonyl (C=O) groups is 2. The first kappa shape index (κ1) is 21.2. The highest BCUT2D eigenvalue weighted by Gasteiger charge is 2.24. The van der Waals surface area contributed by atoms with Crippen LogP contribution < -0.4 is 0 Å². The normalized spacial score (nSPS) is 13.3. The molecule has 1 heterocycles. The van der Waals surface area contributed by atoms with E-state index in [9.17, 15) is 19.8 Å². The summed E-state index contributed by atoms with van der Waals surface area (Å²) in [7, 11) is 0. The number of hydrogen-bond donors (Lipinski definition) is 2. The van der Waals surface area contributed by atoms with Crippen molar-refractivity contribution in [2.75, 3.05) is 12.4 Å². The Morgan fingerprint density at radius 2 is 1.81 bits per heavy atom. The Morgan fingerprint density at radius 1 is 1.19 bits per heavy atom. The summed E-state index contributed by atoms with van der Waals surface area (Å²) in [5.41, 5.74) is 3.59. The predicted molar refractivity (Wildman–Crippen MR) is 105 cm³/mol. The van der Waals surface area contributed by atoms with Crippen molar-refractivity contribution in [3.63, 3.8) is 0 Å². The number of aliphatic hydroxyl groups excluding tert-OH is 2. The van der Waals surface area contributed by atoms with Crippen LogP contribution in [0.2, 0.25) is 0 Å². The topological polar surface area (TPSA) is 88.8 Å². The lowest BCUT2D eigenvalue weighted by Crippen LogP contribution is -2.21. The Labute approximate surface area is 163 Å². The summed E-state index contributed by atoms with van der Waals surface area (Å²) in [5, 5.41) is 20.6. The van der Waals surface area contributed by atoms with E-state index in [1.165, 1.54) is 6.92 Å². The Balaban J connectivity index is 2.27. The van der Waals surface area contributed by atoms with Crippen molar-refractivity contribution >= 4 is 22.8 Å². The molecule has 0 spiro atoms. The quantitative estimate of drug-likeness (QED) is 0.706. The van der Waals surface area contributed by atoms with Crippen molar-refractivity contribution in [3.05, 3.63) is 52.8 Å². The van der Waals surface area contributed by atoms with Gasteiger partial charge in [0.15, 0.2) is 5.12 Å². The number of esters is 1. The number of aromatic nitrogens is 1. The van der Waals surface area contributed by atoms with Gasteiger partial charge < -0.3 is 19.5 Å². The Hall–Kier alpha value is -2.09. The van der Waals surface area contributed by atoms with Gasteiger partial charge in [0.05, 0.1) is 18.3 Å². The molecule has 146 valence electrons. The number of nitrogens with zero attached hydrogens (tertiary/aromatic N) is 1. The fraction of sp³-hybridized carbons (Fsp3) is 0.400. The van der Waals surface area contributed by atoms with Crippen molar-refractivity contribution in [1.82, 2.24) is 4.57 Å². The summed E-state index contributed by atoms with van der Waals surface area (Å²) in [6.07, 6.45) is -2.13. The smallest absolute Gasteiger partial charge is 0.338 e. The molecule has 0 saturated carbocycles. The predicted octanol–water partition coefficient (Wildman–Crippen LogP) is 2.94. The van der Waals surface area contributed by atoms with Crippen LogP contribution in [0.4, 0.5) is 0 Å². The van der Waals surface area contributed by atoms with Crippen molar-refractivity contribution in [2.45, 2.75) is 39.9 Å². The van der Waals surface area contributed by atoms with Gasteiger partial charge in [0.2, 0.25) is 0 Å². The highest BCUT2D eigenvalue weighted by molar-refractivity contribution is 8.13. The van der Waals surface area contributed by atoms with E-state index < -0.39 is 12.2 Å². The Bertz CT molecular complexity index is 813. The number of hydrogen-bond acceptors (Lipinski definition) is 6. The SMILES string of the molecule is CCOC(=O)c1ccc(-n2c(C)cc(C(O)C(O)CSC(C)=O)c2C)cc1. The molecule has 6 nitrogen and oxygen atoms in total. The van der Waals surface area contributed by atoms with Gasteiger partial charge in [0, 0.05) is 35.3 Å².